The molecule has 1 aliphatic carbocycles. The van der Waals surface area contributed by atoms with Gasteiger partial charge in [0.1, 0.15) is 6.04 Å². The van der Waals surface area contributed by atoms with Crippen LogP contribution in [0, 0.1) is 5.92 Å². The predicted octanol–water partition coefficient (Wildman–Crippen LogP) is 3.49. The number of carbonyl (C=O) groups excluding carboxylic acids is 1. The van der Waals surface area contributed by atoms with Crippen LogP contribution in [0.3, 0.4) is 0 Å². The lowest BCUT2D eigenvalue weighted by Gasteiger charge is -2.36. The highest BCUT2D eigenvalue weighted by Crippen LogP contribution is 2.30. The fraction of sp³-hybridized carbons (Fsp3) is 0.519. The van der Waals surface area contributed by atoms with Crippen molar-refractivity contribution >= 4 is 28.7 Å². The lowest BCUT2D eigenvalue weighted by Crippen LogP contribution is -2.47. The molecule has 2 aromatic carbocycles. The van der Waals surface area contributed by atoms with Crippen LogP contribution < -0.4 is 20.4 Å². The monoisotopic (exact) mass is 463 g/mol. The highest BCUT2D eigenvalue weighted by molar-refractivity contribution is 5.96. The second-order valence-corrected chi connectivity index (χ2v) is 9.78. The lowest BCUT2D eigenvalue weighted by atomic mass is 10.2. The van der Waals surface area contributed by atoms with Gasteiger partial charge >= 0.3 is 0 Å². The molecule has 2 aliphatic heterocycles. The summed E-state index contributed by atoms with van der Waals surface area (Å²) in [7, 11) is 0. The maximum absolute atomic E-state index is 12.8. The molecule has 34 heavy (non-hydrogen) atoms. The van der Waals surface area contributed by atoms with E-state index in [0.717, 1.165) is 75.5 Å². The molecule has 2 saturated heterocycles. The summed E-state index contributed by atoms with van der Waals surface area (Å²) in [6, 6.07) is 16.2. The van der Waals surface area contributed by atoms with Gasteiger partial charge < -0.3 is 25.2 Å². The molecule has 182 valence electrons. The summed E-state index contributed by atoms with van der Waals surface area (Å²) in [6.45, 7) is 10.9. The maximum atomic E-state index is 12.8. The van der Waals surface area contributed by atoms with E-state index in [9.17, 15) is 4.79 Å². The number of piperazine rings is 1. The average molecular weight is 464 g/mol. The zero-order valence-corrected chi connectivity index (χ0v) is 20.2. The predicted molar refractivity (Wildman–Crippen MR) is 139 cm³/mol. The molecule has 2 N–H and O–H groups in total. The number of carbonyl (C=O) groups is 1. The number of hydrogen-bond donors (Lipinski definition) is 2. The SMILES string of the molecule is CC(Nc1cccc(N2CCN(CC3CC3)CC2)c1)C(=O)Nc1ccc(N2CCOCC2)cc1. The van der Waals surface area contributed by atoms with Gasteiger partial charge in [-0.3, -0.25) is 9.69 Å². The topological polar surface area (TPSA) is 60.1 Å². The van der Waals surface area contributed by atoms with Crippen molar-refractivity contribution in [2.45, 2.75) is 25.8 Å². The number of nitrogens with one attached hydrogen (secondary N) is 2. The largest absolute Gasteiger partial charge is 0.378 e. The van der Waals surface area contributed by atoms with Crippen molar-refractivity contribution < 1.29 is 9.53 Å². The van der Waals surface area contributed by atoms with E-state index < -0.39 is 0 Å². The molecule has 2 heterocycles. The second kappa shape index (κ2) is 10.7. The molecule has 2 aromatic rings. The van der Waals surface area contributed by atoms with Gasteiger partial charge in [-0.2, -0.15) is 0 Å². The van der Waals surface area contributed by atoms with E-state index >= 15 is 0 Å². The fourth-order valence-corrected chi connectivity index (χ4v) is 4.79. The van der Waals surface area contributed by atoms with Gasteiger partial charge in [0.05, 0.1) is 13.2 Å². The molecule has 7 nitrogen and oxygen atoms in total. The normalized spacial score (nSPS) is 20.1. The molecule has 1 saturated carbocycles. The van der Waals surface area contributed by atoms with Crippen LogP contribution in [-0.2, 0) is 9.53 Å². The van der Waals surface area contributed by atoms with Crippen molar-refractivity contribution in [3.05, 3.63) is 48.5 Å². The number of rotatable bonds is 8. The first-order chi connectivity index (χ1) is 16.6. The first kappa shape index (κ1) is 23.0. The highest BCUT2D eigenvalue weighted by atomic mass is 16.5. The highest BCUT2D eigenvalue weighted by Gasteiger charge is 2.26. The number of nitrogens with zero attached hydrogens (tertiary/aromatic N) is 3. The van der Waals surface area contributed by atoms with Crippen molar-refractivity contribution in [3.63, 3.8) is 0 Å². The molecule has 0 radical (unpaired) electrons. The van der Waals surface area contributed by atoms with E-state index in [1.54, 1.807) is 0 Å². The number of benzene rings is 2. The molecule has 5 rings (SSSR count). The molecule has 3 aliphatic rings. The van der Waals surface area contributed by atoms with E-state index in [-0.39, 0.29) is 11.9 Å². The van der Waals surface area contributed by atoms with Gasteiger partial charge in [-0.05, 0) is 68.1 Å². The molecular formula is C27H37N5O2. The average Bonchev–Trinajstić information content (AvgIpc) is 3.70. The van der Waals surface area contributed by atoms with Crippen molar-refractivity contribution in [2.24, 2.45) is 5.92 Å². The Hall–Kier alpha value is -2.77. The van der Waals surface area contributed by atoms with E-state index in [2.05, 4.69) is 55.7 Å². The molecular weight excluding hydrogens is 426 g/mol. The summed E-state index contributed by atoms with van der Waals surface area (Å²) >= 11 is 0. The van der Waals surface area contributed by atoms with Gasteiger partial charge in [0.2, 0.25) is 5.91 Å². The van der Waals surface area contributed by atoms with E-state index in [4.69, 9.17) is 4.74 Å². The minimum atomic E-state index is -0.343. The second-order valence-electron chi connectivity index (χ2n) is 9.78. The zero-order chi connectivity index (χ0) is 23.3. The number of hydrogen-bond acceptors (Lipinski definition) is 6. The summed E-state index contributed by atoms with van der Waals surface area (Å²) in [4.78, 5) is 20.2. The Morgan fingerprint density at radius 1 is 0.912 bits per heavy atom. The van der Waals surface area contributed by atoms with Gasteiger partial charge in [0, 0.05) is 68.6 Å². The Morgan fingerprint density at radius 2 is 1.62 bits per heavy atom. The van der Waals surface area contributed by atoms with Gasteiger partial charge in [-0.15, -0.1) is 0 Å². The summed E-state index contributed by atoms with van der Waals surface area (Å²) in [5, 5.41) is 6.41. The minimum absolute atomic E-state index is 0.0433. The van der Waals surface area contributed by atoms with Crippen LogP contribution in [0.1, 0.15) is 19.8 Å². The van der Waals surface area contributed by atoms with Crippen LogP contribution in [-0.4, -0.2) is 75.9 Å². The van der Waals surface area contributed by atoms with Gasteiger partial charge in [-0.1, -0.05) is 6.07 Å². The molecule has 3 fully saturated rings. The van der Waals surface area contributed by atoms with Gasteiger partial charge in [-0.25, -0.2) is 0 Å². The van der Waals surface area contributed by atoms with Crippen LogP contribution in [0.25, 0.3) is 0 Å². The van der Waals surface area contributed by atoms with Gasteiger partial charge in [0.15, 0.2) is 0 Å². The first-order valence-electron chi connectivity index (χ1n) is 12.7. The van der Waals surface area contributed by atoms with E-state index in [1.807, 2.05) is 25.1 Å². The van der Waals surface area contributed by atoms with E-state index in [1.165, 1.54) is 25.1 Å². The molecule has 1 atom stereocenters. The van der Waals surface area contributed by atoms with E-state index in [0.29, 0.717) is 0 Å². The molecule has 1 unspecified atom stereocenters. The Bertz CT molecular complexity index is 948. The minimum Gasteiger partial charge on any atom is -0.378 e. The quantitative estimate of drug-likeness (QED) is 0.625. The van der Waals surface area contributed by atoms with Crippen molar-refractivity contribution in [1.29, 1.82) is 0 Å². The number of ether oxygens (including phenoxy) is 1. The Kier molecular flexibility index (Phi) is 7.21. The molecule has 0 aromatic heterocycles. The third-order valence-electron chi connectivity index (χ3n) is 7.08. The summed E-state index contributed by atoms with van der Waals surface area (Å²) in [5.41, 5.74) is 4.18. The number of amides is 1. The molecule has 0 bridgehead atoms. The smallest absolute Gasteiger partial charge is 0.246 e. The summed E-state index contributed by atoms with van der Waals surface area (Å²) in [5.74, 6) is 0.910. The summed E-state index contributed by atoms with van der Waals surface area (Å²) < 4.78 is 5.42. The standard InChI is InChI=1S/C27H37N5O2/c1-21(27(33)29-23-7-9-25(10-8-23)32-15-17-34-18-16-32)28-24-3-2-4-26(19-24)31-13-11-30(12-14-31)20-22-5-6-22/h2-4,7-10,19,21-22,28H,5-6,11-18,20H2,1H3,(H,29,33). The van der Waals surface area contributed by atoms with Crippen molar-refractivity contribution in [3.8, 4) is 0 Å². The number of morpholine rings is 1. The maximum Gasteiger partial charge on any atom is 0.246 e. The third kappa shape index (κ3) is 6.02. The molecule has 0 spiro atoms. The molecule has 7 heteroatoms. The summed E-state index contributed by atoms with van der Waals surface area (Å²) in [6.07, 6.45) is 2.83. The van der Waals surface area contributed by atoms with Crippen LogP contribution in [0.15, 0.2) is 48.5 Å². The van der Waals surface area contributed by atoms with Crippen LogP contribution >= 0.6 is 0 Å². The van der Waals surface area contributed by atoms with Crippen LogP contribution in [0.5, 0.6) is 0 Å². The third-order valence-corrected chi connectivity index (χ3v) is 7.08. The Morgan fingerprint density at radius 3 is 2.32 bits per heavy atom. The molecule has 1 amide bonds. The zero-order valence-electron chi connectivity index (χ0n) is 20.2. The van der Waals surface area contributed by atoms with Crippen LogP contribution in [0.2, 0.25) is 0 Å². The lowest BCUT2D eigenvalue weighted by molar-refractivity contribution is -0.116. The number of anilines is 4. The fourth-order valence-electron chi connectivity index (χ4n) is 4.79. The van der Waals surface area contributed by atoms with Crippen molar-refractivity contribution in [1.82, 2.24) is 4.90 Å². The van der Waals surface area contributed by atoms with Gasteiger partial charge in [0.25, 0.3) is 0 Å². The Labute approximate surface area is 203 Å². The van der Waals surface area contributed by atoms with Crippen molar-refractivity contribution in [2.75, 3.05) is 79.5 Å². The first-order valence-corrected chi connectivity index (χ1v) is 12.7. The van der Waals surface area contributed by atoms with Crippen LogP contribution in [0.4, 0.5) is 22.7 Å². The Balaban J connectivity index is 1.12.